The predicted octanol–water partition coefficient (Wildman–Crippen LogP) is 1.57. The van der Waals surface area contributed by atoms with E-state index in [4.69, 9.17) is 0 Å². The summed E-state index contributed by atoms with van der Waals surface area (Å²) >= 11 is 0. The van der Waals surface area contributed by atoms with E-state index >= 15 is 0 Å². The average molecular weight is 231 g/mol. The first-order valence-corrected chi connectivity index (χ1v) is 6.69. The van der Waals surface area contributed by atoms with Gasteiger partial charge < -0.3 is 5.32 Å². The average Bonchev–Trinajstić information content (AvgIpc) is 2.79. The number of hydrogen-bond acceptors (Lipinski definition) is 3. The van der Waals surface area contributed by atoms with Gasteiger partial charge >= 0.3 is 0 Å². The summed E-state index contributed by atoms with van der Waals surface area (Å²) in [5, 5.41) is 3.61. The van der Waals surface area contributed by atoms with Crippen LogP contribution in [-0.2, 0) is 6.54 Å². The first-order chi connectivity index (χ1) is 8.33. The molecular weight excluding hydrogens is 210 g/mol. The van der Waals surface area contributed by atoms with E-state index in [0.717, 1.165) is 18.5 Å². The van der Waals surface area contributed by atoms with E-state index in [0.29, 0.717) is 0 Å². The van der Waals surface area contributed by atoms with E-state index in [9.17, 15) is 0 Å². The molecule has 1 aromatic rings. The number of hydrogen-bond donors (Lipinski definition) is 1. The smallest absolute Gasteiger partial charge is 0.0573 e. The second-order valence-electron chi connectivity index (χ2n) is 5.40. The highest BCUT2D eigenvalue weighted by molar-refractivity contribution is 5.17. The summed E-state index contributed by atoms with van der Waals surface area (Å²) in [6.07, 6.45) is 4.56. The maximum absolute atomic E-state index is 4.50. The number of aromatic nitrogens is 1. The molecule has 2 aliphatic rings. The van der Waals surface area contributed by atoms with Crippen LogP contribution in [0.1, 0.15) is 24.1 Å². The maximum atomic E-state index is 4.50. The number of aryl methyl sites for hydroxylation is 1. The maximum Gasteiger partial charge on any atom is 0.0573 e. The zero-order valence-corrected chi connectivity index (χ0v) is 10.5. The zero-order valence-electron chi connectivity index (χ0n) is 10.5. The standard InChI is InChI=1S/C14H21N3/c1-11-3-2-6-15-14(11)10-17-8-5-13-12(9-17)4-7-16-13/h2-3,6,12-13,16H,4-5,7-10H2,1H3. The minimum absolute atomic E-state index is 0.788. The molecule has 17 heavy (non-hydrogen) atoms. The topological polar surface area (TPSA) is 28.2 Å². The molecule has 2 atom stereocenters. The van der Waals surface area contributed by atoms with Crippen LogP contribution < -0.4 is 5.32 Å². The molecule has 2 fully saturated rings. The molecule has 2 saturated heterocycles. The minimum Gasteiger partial charge on any atom is -0.314 e. The van der Waals surface area contributed by atoms with Gasteiger partial charge in [-0.3, -0.25) is 9.88 Å². The Morgan fingerprint density at radius 1 is 1.47 bits per heavy atom. The number of nitrogens with one attached hydrogen (secondary N) is 1. The van der Waals surface area contributed by atoms with E-state index in [1.54, 1.807) is 0 Å². The van der Waals surface area contributed by atoms with Gasteiger partial charge in [-0.1, -0.05) is 6.07 Å². The molecule has 2 unspecified atom stereocenters. The van der Waals surface area contributed by atoms with Crippen LogP contribution in [0, 0.1) is 12.8 Å². The minimum atomic E-state index is 0.788. The Bertz CT molecular complexity index is 391. The summed E-state index contributed by atoms with van der Waals surface area (Å²) in [5.41, 5.74) is 2.57. The monoisotopic (exact) mass is 231 g/mol. The molecule has 3 heterocycles. The lowest BCUT2D eigenvalue weighted by atomic mass is 9.93. The van der Waals surface area contributed by atoms with Crippen LogP contribution in [0.25, 0.3) is 0 Å². The first kappa shape index (κ1) is 11.2. The molecule has 1 aromatic heterocycles. The van der Waals surface area contributed by atoms with E-state index in [2.05, 4.69) is 28.2 Å². The molecule has 1 N–H and O–H groups in total. The third-order valence-corrected chi connectivity index (χ3v) is 4.23. The van der Waals surface area contributed by atoms with Crippen molar-refractivity contribution in [3.63, 3.8) is 0 Å². The summed E-state index contributed by atoms with van der Waals surface area (Å²) < 4.78 is 0. The van der Waals surface area contributed by atoms with Crippen LogP contribution in [0.15, 0.2) is 18.3 Å². The Morgan fingerprint density at radius 2 is 2.41 bits per heavy atom. The van der Waals surface area contributed by atoms with Gasteiger partial charge in [-0.05, 0) is 43.9 Å². The molecule has 2 aliphatic heterocycles. The third kappa shape index (κ3) is 2.35. The predicted molar refractivity (Wildman–Crippen MR) is 68.8 cm³/mol. The van der Waals surface area contributed by atoms with Gasteiger partial charge in [0, 0.05) is 31.9 Å². The molecule has 0 amide bonds. The van der Waals surface area contributed by atoms with Gasteiger partial charge in [0.05, 0.1) is 5.69 Å². The van der Waals surface area contributed by atoms with E-state index in [1.165, 1.54) is 43.7 Å². The molecule has 0 bridgehead atoms. The zero-order chi connectivity index (χ0) is 11.7. The largest absolute Gasteiger partial charge is 0.314 e. The highest BCUT2D eigenvalue weighted by Crippen LogP contribution is 2.25. The van der Waals surface area contributed by atoms with E-state index < -0.39 is 0 Å². The molecule has 0 spiro atoms. The first-order valence-electron chi connectivity index (χ1n) is 6.69. The van der Waals surface area contributed by atoms with Crippen molar-refractivity contribution in [2.75, 3.05) is 19.6 Å². The fourth-order valence-corrected chi connectivity index (χ4v) is 3.16. The Labute approximate surface area is 103 Å². The molecule has 0 aromatic carbocycles. The van der Waals surface area contributed by atoms with Crippen LogP contribution in [0.5, 0.6) is 0 Å². The normalized spacial score (nSPS) is 29.2. The Balaban J connectivity index is 1.64. The van der Waals surface area contributed by atoms with Crippen LogP contribution >= 0.6 is 0 Å². The van der Waals surface area contributed by atoms with Gasteiger partial charge in [0.25, 0.3) is 0 Å². The SMILES string of the molecule is Cc1cccnc1CN1CCC2NCCC2C1. The lowest BCUT2D eigenvalue weighted by Gasteiger charge is -2.34. The van der Waals surface area contributed by atoms with Crippen molar-refractivity contribution in [3.05, 3.63) is 29.6 Å². The molecule has 92 valence electrons. The highest BCUT2D eigenvalue weighted by atomic mass is 15.2. The van der Waals surface area contributed by atoms with E-state index in [-0.39, 0.29) is 0 Å². The second-order valence-corrected chi connectivity index (χ2v) is 5.40. The summed E-state index contributed by atoms with van der Waals surface area (Å²) in [4.78, 5) is 7.07. The number of rotatable bonds is 2. The van der Waals surface area contributed by atoms with Crippen LogP contribution in [0.4, 0.5) is 0 Å². The number of piperidine rings is 1. The molecule has 3 nitrogen and oxygen atoms in total. The summed E-state index contributed by atoms with van der Waals surface area (Å²) in [5.74, 6) is 0.868. The number of pyridine rings is 1. The molecular formula is C14H21N3. The lowest BCUT2D eigenvalue weighted by molar-refractivity contribution is 0.154. The van der Waals surface area contributed by atoms with Gasteiger partial charge in [-0.25, -0.2) is 0 Å². The van der Waals surface area contributed by atoms with Crippen LogP contribution in [0.2, 0.25) is 0 Å². The van der Waals surface area contributed by atoms with Gasteiger partial charge in [0.1, 0.15) is 0 Å². The van der Waals surface area contributed by atoms with Crippen LogP contribution in [-0.4, -0.2) is 35.6 Å². The van der Waals surface area contributed by atoms with E-state index in [1.807, 2.05) is 12.3 Å². The van der Waals surface area contributed by atoms with Crippen molar-refractivity contribution in [2.45, 2.75) is 32.4 Å². The van der Waals surface area contributed by atoms with Crippen LogP contribution in [0.3, 0.4) is 0 Å². The van der Waals surface area contributed by atoms with Crippen molar-refractivity contribution < 1.29 is 0 Å². The molecule has 0 saturated carbocycles. The highest BCUT2D eigenvalue weighted by Gasteiger charge is 2.32. The fourth-order valence-electron chi connectivity index (χ4n) is 3.16. The van der Waals surface area contributed by atoms with Crippen molar-refractivity contribution >= 4 is 0 Å². The third-order valence-electron chi connectivity index (χ3n) is 4.23. The molecule has 3 heteroatoms. The molecule has 0 aliphatic carbocycles. The Morgan fingerprint density at radius 3 is 3.29 bits per heavy atom. The van der Waals surface area contributed by atoms with Gasteiger partial charge in [-0.2, -0.15) is 0 Å². The van der Waals surface area contributed by atoms with Gasteiger partial charge in [0.15, 0.2) is 0 Å². The summed E-state index contributed by atoms with van der Waals surface area (Å²) in [6, 6.07) is 4.97. The van der Waals surface area contributed by atoms with Crippen molar-refractivity contribution in [3.8, 4) is 0 Å². The fraction of sp³-hybridized carbons (Fsp3) is 0.643. The Kier molecular flexibility index (Phi) is 3.12. The number of likely N-dealkylation sites (tertiary alicyclic amines) is 1. The molecule has 3 rings (SSSR count). The quantitative estimate of drug-likeness (QED) is 0.837. The lowest BCUT2D eigenvalue weighted by Crippen LogP contribution is -2.44. The number of fused-ring (bicyclic) bond motifs is 1. The van der Waals surface area contributed by atoms with Crippen molar-refractivity contribution in [1.29, 1.82) is 0 Å². The summed E-state index contributed by atoms with van der Waals surface area (Å²) in [6.45, 7) is 6.85. The second kappa shape index (κ2) is 4.75. The van der Waals surface area contributed by atoms with Gasteiger partial charge in [-0.15, -0.1) is 0 Å². The van der Waals surface area contributed by atoms with Crippen molar-refractivity contribution in [2.24, 2.45) is 5.92 Å². The Hall–Kier alpha value is -0.930. The molecule has 0 radical (unpaired) electrons. The number of nitrogens with zero attached hydrogens (tertiary/aromatic N) is 2. The van der Waals surface area contributed by atoms with Gasteiger partial charge in [0.2, 0.25) is 0 Å². The summed E-state index contributed by atoms with van der Waals surface area (Å²) in [7, 11) is 0. The van der Waals surface area contributed by atoms with Crippen molar-refractivity contribution in [1.82, 2.24) is 15.2 Å².